The number of aryl methyl sites for hydroxylation is 1. The molecule has 0 unspecified atom stereocenters. The number of rotatable bonds is 4. The first-order valence-electron chi connectivity index (χ1n) is 7.74. The SMILES string of the molecule is CCc1nnc(CN2CCN(C(=O)c3ccc(F)cc3)CC2)o1. The molecule has 122 valence electrons. The standard InChI is InChI=1S/C16H19FN4O2/c1-2-14-18-19-15(23-14)11-20-7-9-21(10-8-20)16(22)12-3-5-13(17)6-4-12/h3-6H,2,7-11H2,1H3. The smallest absolute Gasteiger partial charge is 0.253 e. The average Bonchev–Trinajstić information content (AvgIpc) is 3.03. The van der Waals surface area contributed by atoms with Crippen molar-refractivity contribution in [3.63, 3.8) is 0 Å². The summed E-state index contributed by atoms with van der Waals surface area (Å²) < 4.78 is 18.4. The van der Waals surface area contributed by atoms with Crippen molar-refractivity contribution in [1.82, 2.24) is 20.0 Å². The molecule has 0 bridgehead atoms. The number of nitrogens with zero attached hydrogens (tertiary/aromatic N) is 4. The number of aromatic nitrogens is 2. The Kier molecular flexibility index (Phi) is 4.66. The lowest BCUT2D eigenvalue weighted by molar-refractivity contribution is 0.0617. The Labute approximate surface area is 133 Å². The first-order valence-corrected chi connectivity index (χ1v) is 7.74. The molecule has 1 saturated heterocycles. The molecule has 0 spiro atoms. The molecular weight excluding hydrogens is 299 g/mol. The number of hydrogen-bond acceptors (Lipinski definition) is 5. The fourth-order valence-corrected chi connectivity index (χ4v) is 2.57. The van der Waals surface area contributed by atoms with Gasteiger partial charge in [-0.1, -0.05) is 6.92 Å². The molecule has 3 rings (SSSR count). The molecular formula is C16H19FN4O2. The van der Waals surface area contributed by atoms with E-state index in [1.54, 1.807) is 4.90 Å². The maximum Gasteiger partial charge on any atom is 0.253 e. The van der Waals surface area contributed by atoms with E-state index in [2.05, 4.69) is 15.1 Å². The summed E-state index contributed by atoms with van der Waals surface area (Å²) in [7, 11) is 0. The number of carbonyl (C=O) groups excluding carboxylic acids is 1. The van der Waals surface area contributed by atoms with Crippen LogP contribution >= 0.6 is 0 Å². The molecule has 0 N–H and O–H groups in total. The van der Waals surface area contributed by atoms with E-state index in [4.69, 9.17) is 4.42 Å². The minimum absolute atomic E-state index is 0.0595. The van der Waals surface area contributed by atoms with E-state index in [-0.39, 0.29) is 11.7 Å². The predicted molar refractivity (Wildman–Crippen MR) is 81.3 cm³/mol. The molecule has 0 aliphatic carbocycles. The second-order valence-electron chi connectivity index (χ2n) is 5.52. The first kappa shape index (κ1) is 15.6. The maximum atomic E-state index is 12.9. The van der Waals surface area contributed by atoms with E-state index in [1.165, 1.54) is 24.3 Å². The lowest BCUT2D eigenvalue weighted by Crippen LogP contribution is -2.48. The lowest BCUT2D eigenvalue weighted by Gasteiger charge is -2.34. The molecule has 7 heteroatoms. The minimum atomic E-state index is -0.336. The Bertz CT molecular complexity index is 663. The summed E-state index contributed by atoms with van der Waals surface area (Å²) in [6.07, 6.45) is 0.729. The van der Waals surface area contributed by atoms with E-state index >= 15 is 0 Å². The summed E-state index contributed by atoms with van der Waals surface area (Å²) in [5, 5.41) is 7.97. The molecule has 1 amide bonds. The summed E-state index contributed by atoms with van der Waals surface area (Å²) in [6.45, 7) is 5.33. The number of piperazine rings is 1. The van der Waals surface area contributed by atoms with Crippen LogP contribution in [-0.2, 0) is 13.0 Å². The first-order chi connectivity index (χ1) is 11.2. The van der Waals surface area contributed by atoms with Gasteiger partial charge >= 0.3 is 0 Å². The van der Waals surface area contributed by atoms with Gasteiger partial charge < -0.3 is 9.32 Å². The summed E-state index contributed by atoms with van der Waals surface area (Å²) in [4.78, 5) is 16.3. The van der Waals surface area contributed by atoms with E-state index in [1.807, 2.05) is 6.92 Å². The van der Waals surface area contributed by atoms with Crippen molar-refractivity contribution >= 4 is 5.91 Å². The van der Waals surface area contributed by atoms with Gasteiger partial charge in [0.2, 0.25) is 11.8 Å². The van der Waals surface area contributed by atoms with E-state index < -0.39 is 0 Å². The molecule has 2 heterocycles. The molecule has 1 aromatic carbocycles. The molecule has 1 aliphatic heterocycles. The van der Waals surface area contributed by atoms with Crippen LogP contribution in [0.2, 0.25) is 0 Å². The van der Waals surface area contributed by atoms with Gasteiger partial charge in [-0.15, -0.1) is 10.2 Å². The topological polar surface area (TPSA) is 62.5 Å². The summed E-state index contributed by atoms with van der Waals surface area (Å²) in [5.74, 6) is 0.860. The van der Waals surface area contributed by atoms with Gasteiger partial charge in [0.1, 0.15) is 5.82 Å². The predicted octanol–water partition coefficient (Wildman–Crippen LogP) is 1.73. The number of halogens is 1. The Balaban J connectivity index is 1.53. The van der Waals surface area contributed by atoms with Crippen LogP contribution in [0.5, 0.6) is 0 Å². The highest BCUT2D eigenvalue weighted by Crippen LogP contribution is 2.12. The van der Waals surface area contributed by atoms with Gasteiger partial charge in [-0.05, 0) is 24.3 Å². The largest absolute Gasteiger partial charge is 0.424 e. The number of hydrogen-bond donors (Lipinski definition) is 0. The Morgan fingerprint density at radius 1 is 1.13 bits per heavy atom. The van der Waals surface area contributed by atoms with Crippen LogP contribution in [0.15, 0.2) is 28.7 Å². The summed E-state index contributed by atoms with van der Waals surface area (Å²) >= 11 is 0. The van der Waals surface area contributed by atoms with Crippen molar-refractivity contribution < 1.29 is 13.6 Å². The third-order valence-corrected chi connectivity index (χ3v) is 3.92. The van der Waals surface area contributed by atoms with Gasteiger partial charge in [-0.3, -0.25) is 9.69 Å². The van der Waals surface area contributed by atoms with Crippen LogP contribution < -0.4 is 0 Å². The van der Waals surface area contributed by atoms with Crippen molar-refractivity contribution in [1.29, 1.82) is 0 Å². The monoisotopic (exact) mass is 318 g/mol. The second-order valence-corrected chi connectivity index (χ2v) is 5.52. The Hall–Kier alpha value is -2.28. The molecule has 2 aromatic rings. The van der Waals surface area contributed by atoms with Crippen LogP contribution in [0.3, 0.4) is 0 Å². The van der Waals surface area contributed by atoms with Crippen molar-refractivity contribution in [2.24, 2.45) is 0 Å². The zero-order valence-electron chi connectivity index (χ0n) is 13.0. The highest BCUT2D eigenvalue weighted by atomic mass is 19.1. The summed E-state index contributed by atoms with van der Waals surface area (Å²) in [6, 6.07) is 5.66. The Morgan fingerprint density at radius 2 is 1.78 bits per heavy atom. The average molecular weight is 318 g/mol. The Morgan fingerprint density at radius 3 is 2.39 bits per heavy atom. The second kappa shape index (κ2) is 6.87. The highest BCUT2D eigenvalue weighted by molar-refractivity contribution is 5.94. The molecule has 1 fully saturated rings. The number of amides is 1. The van der Waals surface area contributed by atoms with E-state index in [9.17, 15) is 9.18 Å². The van der Waals surface area contributed by atoms with Crippen LogP contribution in [0.25, 0.3) is 0 Å². The van der Waals surface area contributed by atoms with Gasteiger partial charge in [0, 0.05) is 38.2 Å². The third-order valence-electron chi connectivity index (χ3n) is 3.92. The molecule has 6 nitrogen and oxygen atoms in total. The van der Waals surface area contributed by atoms with Gasteiger partial charge in [-0.25, -0.2) is 4.39 Å². The normalized spacial score (nSPS) is 15.8. The maximum absolute atomic E-state index is 12.9. The zero-order valence-corrected chi connectivity index (χ0v) is 13.0. The lowest BCUT2D eigenvalue weighted by atomic mass is 10.2. The molecule has 0 atom stereocenters. The molecule has 1 aliphatic rings. The quantitative estimate of drug-likeness (QED) is 0.859. The van der Waals surface area contributed by atoms with Crippen LogP contribution in [0, 0.1) is 5.82 Å². The third kappa shape index (κ3) is 3.73. The fraction of sp³-hybridized carbons (Fsp3) is 0.438. The van der Waals surface area contributed by atoms with Crippen LogP contribution in [-0.4, -0.2) is 52.1 Å². The number of benzene rings is 1. The van der Waals surface area contributed by atoms with Gasteiger partial charge in [-0.2, -0.15) is 0 Å². The van der Waals surface area contributed by atoms with Crippen molar-refractivity contribution in [3.8, 4) is 0 Å². The van der Waals surface area contributed by atoms with Crippen LogP contribution in [0.4, 0.5) is 4.39 Å². The van der Waals surface area contributed by atoms with Gasteiger partial charge in [0.25, 0.3) is 5.91 Å². The minimum Gasteiger partial charge on any atom is -0.424 e. The van der Waals surface area contributed by atoms with Gasteiger partial charge in [0.15, 0.2) is 0 Å². The van der Waals surface area contributed by atoms with Gasteiger partial charge in [0.05, 0.1) is 6.54 Å². The molecule has 0 radical (unpaired) electrons. The number of carbonyl (C=O) groups is 1. The van der Waals surface area contributed by atoms with Crippen molar-refractivity contribution in [2.45, 2.75) is 19.9 Å². The van der Waals surface area contributed by atoms with E-state index in [0.717, 1.165) is 19.5 Å². The van der Waals surface area contributed by atoms with Crippen molar-refractivity contribution in [3.05, 3.63) is 47.4 Å². The van der Waals surface area contributed by atoms with Crippen molar-refractivity contribution in [2.75, 3.05) is 26.2 Å². The zero-order chi connectivity index (χ0) is 16.2. The van der Waals surface area contributed by atoms with Crippen LogP contribution in [0.1, 0.15) is 29.1 Å². The molecule has 23 heavy (non-hydrogen) atoms. The summed E-state index contributed by atoms with van der Waals surface area (Å²) in [5.41, 5.74) is 0.518. The highest BCUT2D eigenvalue weighted by Gasteiger charge is 2.23. The molecule has 0 saturated carbocycles. The van der Waals surface area contributed by atoms with E-state index in [0.29, 0.717) is 37.0 Å². The fourth-order valence-electron chi connectivity index (χ4n) is 2.57. The molecule has 1 aromatic heterocycles.